The maximum atomic E-state index is 5.97. The van der Waals surface area contributed by atoms with Gasteiger partial charge in [0.2, 0.25) is 0 Å². The van der Waals surface area contributed by atoms with E-state index >= 15 is 0 Å². The first-order valence-corrected chi connectivity index (χ1v) is 6.41. The Morgan fingerprint density at radius 3 is 2.71 bits per heavy atom. The number of rotatable bonds is 3. The van der Waals surface area contributed by atoms with Crippen molar-refractivity contribution < 1.29 is 0 Å². The zero-order valence-electron chi connectivity index (χ0n) is 8.26. The number of alkyl halides is 1. The summed E-state index contributed by atoms with van der Waals surface area (Å²) in [7, 11) is 0. The normalized spacial score (nSPS) is 19.4. The van der Waals surface area contributed by atoms with E-state index in [1.807, 2.05) is 17.8 Å². The molecular weight excluding hydrogens is 263 g/mol. The van der Waals surface area contributed by atoms with Crippen LogP contribution < -0.4 is 0 Å². The summed E-state index contributed by atoms with van der Waals surface area (Å²) in [5.74, 6) is 0. The smallest absolute Gasteiger partial charge is 0.0814 e. The number of nitrogens with zero attached hydrogens (tertiary/aromatic N) is 2. The van der Waals surface area contributed by atoms with Crippen LogP contribution in [0, 0.1) is 12.3 Å². The van der Waals surface area contributed by atoms with Crippen molar-refractivity contribution in [2.24, 2.45) is 5.41 Å². The van der Waals surface area contributed by atoms with Gasteiger partial charge in [0, 0.05) is 18.1 Å². The third kappa shape index (κ3) is 1.84. The van der Waals surface area contributed by atoms with E-state index in [-0.39, 0.29) is 0 Å². The van der Waals surface area contributed by atoms with Crippen LogP contribution in [0.2, 0.25) is 5.02 Å². The highest BCUT2D eigenvalue weighted by Crippen LogP contribution is 2.43. The van der Waals surface area contributed by atoms with E-state index in [2.05, 4.69) is 21.0 Å². The minimum absolute atomic E-state index is 0.432. The van der Waals surface area contributed by atoms with Crippen molar-refractivity contribution >= 4 is 27.5 Å². The van der Waals surface area contributed by atoms with Crippen LogP contribution in [-0.4, -0.2) is 15.1 Å². The molecule has 4 heteroatoms. The van der Waals surface area contributed by atoms with E-state index in [0.717, 1.165) is 22.6 Å². The van der Waals surface area contributed by atoms with Crippen LogP contribution in [0.1, 0.15) is 25.0 Å². The monoisotopic (exact) mass is 276 g/mol. The van der Waals surface area contributed by atoms with Gasteiger partial charge in [0.15, 0.2) is 0 Å². The van der Waals surface area contributed by atoms with Crippen molar-refractivity contribution in [1.29, 1.82) is 0 Å². The maximum Gasteiger partial charge on any atom is 0.0814 e. The lowest BCUT2D eigenvalue weighted by atomic mass is 9.70. The maximum absolute atomic E-state index is 5.97. The summed E-state index contributed by atoms with van der Waals surface area (Å²) >= 11 is 9.56. The zero-order valence-corrected chi connectivity index (χ0v) is 10.6. The molecule has 0 spiro atoms. The fraction of sp³-hybridized carbons (Fsp3) is 0.700. The molecular formula is C10H14BrClN2. The van der Waals surface area contributed by atoms with E-state index in [4.69, 9.17) is 11.6 Å². The first-order chi connectivity index (χ1) is 6.65. The van der Waals surface area contributed by atoms with Gasteiger partial charge in [-0.25, -0.2) is 0 Å². The quantitative estimate of drug-likeness (QED) is 0.774. The van der Waals surface area contributed by atoms with E-state index < -0.39 is 0 Å². The average molecular weight is 278 g/mol. The number of halogens is 2. The molecule has 78 valence electrons. The van der Waals surface area contributed by atoms with Gasteiger partial charge in [-0.3, -0.25) is 4.68 Å². The molecule has 1 aromatic rings. The summed E-state index contributed by atoms with van der Waals surface area (Å²) in [6.45, 7) is 2.94. The molecule has 1 fully saturated rings. The van der Waals surface area contributed by atoms with Gasteiger partial charge in [0.25, 0.3) is 0 Å². The van der Waals surface area contributed by atoms with E-state index in [9.17, 15) is 0 Å². The van der Waals surface area contributed by atoms with Crippen LogP contribution in [0.5, 0.6) is 0 Å². The van der Waals surface area contributed by atoms with Crippen molar-refractivity contribution in [3.8, 4) is 0 Å². The van der Waals surface area contributed by atoms with Crippen LogP contribution in [0.15, 0.2) is 6.20 Å². The fourth-order valence-electron chi connectivity index (χ4n) is 1.93. The van der Waals surface area contributed by atoms with Gasteiger partial charge < -0.3 is 0 Å². The molecule has 0 bridgehead atoms. The third-order valence-corrected chi connectivity index (χ3v) is 4.64. The van der Waals surface area contributed by atoms with Crippen molar-refractivity contribution in [1.82, 2.24) is 9.78 Å². The summed E-state index contributed by atoms with van der Waals surface area (Å²) in [5, 5.41) is 6.23. The highest BCUT2D eigenvalue weighted by Gasteiger charge is 2.36. The number of hydrogen-bond acceptors (Lipinski definition) is 1. The molecule has 0 saturated heterocycles. The Hall–Kier alpha value is -0.0200. The molecule has 0 amide bonds. The van der Waals surface area contributed by atoms with Crippen LogP contribution in [0.4, 0.5) is 0 Å². The molecule has 1 aliphatic rings. The molecule has 0 unspecified atom stereocenters. The second-order valence-electron chi connectivity index (χ2n) is 4.25. The molecule has 2 rings (SSSR count). The van der Waals surface area contributed by atoms with Crippen LogP contribution in [0.25, 0.3) is 0 Å². The molecule has 1 saturated carbocycles. The Bertz CT molecular complexity index is 306. The number of aryl methyl sites for hydroxylation is 1. The van der Waals surface area contributed by atoms with Gasteiger partial charge in [-0.05, 0) is 25.2 Å². The molecule has 0 aliphatic heterocycles. The van der Waals surface area contributed by atoms with Crippen LogP contribution in [0.3, 0.4) is 0 Å². The Morgan fingerprint density at radius 2 is 2.36 bits per heavy atom. The molecule has 1 aromatic heterocycles. The molecule has 14 heavy (non-hydrogen) atoms. The third-order valence-electron chi connectivity index (χ3n) is 3.08. The summed E-state index contributed by atoms with van der Waals surface area (Å²) in [6, 6.07) is 0. The summed E-state index contributed by atoms with van der Waals surface area (Å²) in [4.78, 5) is 0. The minimum atomic E-state index is 0.432. The topological polar surface area (TPSA) is 17.8 Å². The van der Waals surface area contributed by atoms with Crippen molar-refractivity contribution in [2.75, 3.05) is 5.33 Å². The van der Waals surface area contributed by atoms with Gasteiger partial charge in [0.1, 0.15) is 0 Å². The van der Waals surface area contributed by atoms with Gasteiger partial charge in [-0.15, -0.1) is 0 Å². The van der Waals surface area contributed by atoms with E-state index in [0.29, 0.717) is 5.41 Å². The largest absolute Gasteiger partial charge is 0.270 e. The predicted molar refractivity (Wildman–Crippen MR) is 62.1 cm³/mol. The zero-order chi connectivity index (χ0) is 10.2. The molecule has 1 heterocycles. The van der Waals surface area contributed by atoms with Gasteiger partial charge >= 0.3 is 0 Å². The molecule has 2 nitrogen and oxygen atoms in total. The van der Waals surface area contributed by atoms with Crippen molar-refractivity contribution in [3.63, 3.8) is 0 Å². The lowest BCUT2D eigenvalue weighted by Crippen LogP contribution is -2.35. The molecule has 1 aliphatic carbocycles. The highest BCUT2D eigenvalue weighted by molar-refractivity contribution is 9.09. The average Bonchev–Trinajstić information content (AvgIpc) is 2.39. The number of hydrogen-bond donors (Lipinski definition) is 0. The van der Waals surface area contributed by atoms with Gasteiger partial charge in [0.05, 0.1) is 10.7 Å². The first-order valence-electron chi connectivity index (χ1n) is 4.91. The Kier molecular flexibility index (Phi) is 2.89. The Balaban J connectivity index is 2.09. The Labute approximate surface area is 97.8 Å². The SMILES string of the molecule is Cc1nn(CC2(CBr)CCC2)cc1Cl. The minimum Gasteiger partial charge on any atom is -0.270 e. The van der Waals surface area contributed by atoms with Gasteiger partial charge in [-0.2, -0.15) is 5.10 Å². The van der Waals surface area contributed by atoms with E-state index in [1.54, 1.807) is 0 Å². The second kappa shape index (κ2) is 3.86. The Morgan fingerprint density at radius 1 is 1.64 bits per heavy atom. The second-order valence-corrected chi connectivity index (χ2v) is 5.22. The molecule has 0 aromatic carbocycles. The summed E-state index contributed by atoms with van der Waals surface area (Å²) < 4.78 is 1.98. The molecule has 0 atom stereocenters. The summed E-state index contributed by atoms with van der Waals surface area (Å²) in [5.41, 5.74) is 1.36. The molecule has 0 N–H and O–H groups in total. The van der Waals surface area contributed by atoms with Crippen molar-refractivity contribution in [2.45, 2.75) is 32.7 Å². The fourth-order valence-corrected chi connectivity index (χ4v) is 2.82. The lowest BCUT2D eigenvalue weighted by Gasteiger charge is -2.40. The van der Waals surface area contributed by atoms with E-state index in [1.165, 1.54) is 19.3 Å². The summed E-state index contributed by atoms with van der Waals surface area (Å²) in [6.07, 6.45) is 5.88. The highest BCUT2D eigenvalue weighted by atomic mass is 79.9. The van der Waals surface area contributed by atoms with Gasteiger partial charge in [-0.1, -0.05) is 34.0 Å². The number of aromatic nitrogens is 2. The van der Waals surface area contributed by atoms with Crippen molar-refractivity contribution in [3.05, 3.63) is 16.9 Å². The van der Waals surface area contributed by atoms with Crippen LogP contribution >= 0.6 is 27.5 Å². The lowest BCUT2D eigenvalue weighted by molar-refractivity contribution is 0.134. The first kappa shape index (κ1) is 10.5. The van der Waals surface area contributed by atoms with Crippen LogP contribution in [-0.2, 0) is 6.54 Å². The predicted octanol–water partition coefficient (Wildman–Crippen LogP) is 3.41. The molecule has 0 radical (unpaired) electrons. The standard InChI is InChI=1S/C10H14BrClN2/c1-8-9(12)5-14(13-8)7-10(6-11)3-2-4-10/h5H,2-4,6-7H2,1H3.